The van der Waals surface area contributed by atoms with E-state index in [2.05, 4.69) is 10.3 Å². The molecule has 0 aliphatic rings. The molecule has 0 saturated carbocycles. The van der Waals surface area contributed by atoms with Gasteiger partial charge in [0.05, 0.1) is 12.2 Å². The third-order valence-corrected chi connectivity index (χ3v) is 2.94. The Morgan fingerprint density at radius 1 is 1.29 bits per heavy atom. The minimum atomic E-state index is -0.731. The normalized spacial score (nSPS) is 11.7. The zero-order valence-corrected chi connectivity index (χ0v) is 11.8. The van der Waals surface area contributed by atoms with Gasteiger partial charge in [-0.2, -0.15) is 0 Å². The van der Waals surface area contributed by atoms with E-state index in [0.29, 0.717) is 13.0 Å². The molecule has 5 heteroatoms. The molecule has 110 valence electrons. The monoisotopic (exact) mass is 288 g/mol. The molecule has 4 nitrogen and oxygen atoms in total. The van der Waals surface area contributed by atoms with Gasteiger partial charge in [0.25, 0.3) is 5.91 Å². The SMILES string of the molecule is CC[C@@H](Oc1ccccc1F)C(=O)NCc1ccccn1. The number of pyridine rings is 1. The molecule has 1 aromatic heterocycles. The fourth-order valence-corrected chi connectivity index (χ4v) is 1.81. The molecule has 0 bridgehead atoms. The van der Waals surface area contributed by atoms with Gasteiger partial charge in [-0.1, -0.05) is 25.1 Å². The van der Waals surface area contributed by atoms with Crippen molar-refractivity contribution in [1.82, 2.24) is 10.3 Å². The molecular weight excluding hydrogens is 271 g/mol. The summed E-state index contributed by atoms with van der Waals surface area (Å²) in [6.45, 7) is 2.13. The van der Waals surface area contributed by atoms with E-state index in [1.165, 1.54) is 12.1 Å². The zero-order valence-electron chi connectivity index (χ0n) is 11.8. The van der Waals surface area contributed by atoms with Crippen molar-refractivity contribution < 1.29 is 13.9 Å². The molecule has 1 N–H and O–H groups in total. The number of carbonyl (C=O) groups excluding carboxylic acids is 1. The maximum absolute atomic E-state index is 13.5. The van der Waals surface area contributed by atoms with Crippen LogP contribution in [0.5, 0.6) is 5.75 Å². The average Bonchev–Trinajstić information content (AvgIpc) is 2.53. The third-order valence-electron chi connectivity index (χ3n) is 2.94. The van der Waals surface area contributed by atoms with E-state index in [0.717, 1.165) is 5.69 Å². The molecule has 2 aromatic rings. The van der Waals surface area contributed by atoms with Crippen LogP contribution in [0.25, 0.3) is 0 Å². The number of nitrogens with zero attached hydrogens (tertiary/aromatic N) is 1. The first-order valence-corrected chi connectivity index (χ1v) is 6.79. The van der Waals surface area contributed by atoms with Crippen LogP contribution in [-0.2, 0) is 11.3 Å². The fourth-order valence-electron chi connectivity index (χ4n) is 1.81. The van der Waals surface area contributed by atoms with Crippen molar-refractivity contribution in [3.05, 3.63) is 60.2 Å². The quantitative estimate of drug-likeness (QED) is 0.889. The number of amides is 1. The minimum Gasteiger partial charge on any atom is -0.478 e. The predicted molar refractivity (Wildman–Crippen MR) is 77.2 cm³/mol. The summed E-state index contributed by atoms with van der Waals surface area (Å²) in [6.07, 6.45) is 1.38. The van der Waals surface area contributed by atoms with Crippen molar-refractivity contribution in [2.45, 2.75) is 26.0 Å². The number of ether oxygens (including phenoxy) is 1. The Labute approximate surface area is 123 Å². The summed E-state index contributed by atoms with van der Waals surface area (Å²) in [7, 11) is 0. The second-order valence-electron chi connectivity index (χ2n) is 4.48. The minimum absolute atomic E-state index is 0.0809. The number of halogens is 1. The van der Waals surface area contributed by atoms with Crippen molar-refractivity contribution in [3.63, 3.8) is 0 Å². The number of hydrogen-bond acceptors (Lipinski definition) is 3. The number of rotatable bonds is 6. The number of para-hydroxylation sites is 1. The van der Waals surface area contributed by atoms with Crippen molar-refractivity contribution in [1.29, 1.82) is 0 Å². The number of nitrogens with one attached hydrogen (secondary N) is 1. The molecule has 0 radical (unpaired) electrons. The van der Waals surface area contributed by atoms with E-state index in [4.69, 9.17) is 4.74 Å². The third kappa shape index (κ3) is 4.27. The standard InChI is InChI=1S/C16H17FN2O2/c1-2-14(21-15-9-4-3-8-13(15)17)16(20)19-11-12-7-5-6-10-18-12/h3-10,14H,2,11H2,1H3,(H,19,20)/t14-/m1/s1. The lowest BCUT2D eigenvalue weighted by atomic mass is 10.2. The molecule has 1 amide bonds. The molecule has 0 fully saturated rings. The number of benzene rings is 1. The lowest BCUT2D eigenvalue weighted by Gasteiger charge is -2.17. The average molecular weight is 288 g/mol. The van der Waals surface area contributed by atoms with E-state index >= 15 is 0 Å². The van der Waals surface area contributed by atoms with Crippen molar-refractivity contribution >= 4 is 5.91 Å². The summed E-state index contributed by atoms with van der Waals surface area (Å²) in [5, 5.41) is 2.74. The van der Waals surface area contributed by atoms with Crippen LogP contribution >= 0.6 is 0 Å². The van der Waals surface area contributed by atoms with E-state index in [-0.39, 0.29) is 11.7 Å². The van der Waals surface area contributed by atoms with Crippen molar-refractivity contribution in [3.8, 4) is 5.75 Å². The fraction of sp³-hybridized carbons (Fsp3) is 0.250. The lowest BCUT2D eigenvalue weighted by molar-refractivity contribution is -0.128. The molecule has 2 rings (SSSR count). The van der Waals surface area contributed by atoms with Gasteiger partial charge in [0.2, 0.25) is 0 Å². The summed E-state index contributed by atoms with van der Waals surface area (Å²) in [4.78, 5) is 16.2. The van der Waals surface area contributed by atoms with E-state index < -0.39 is 11.9 Å². The summed E-state index contributed by atoms with van der Waals surface area (Å²) in [5.41, 5.74) is 0.756. The highest BCUT2D eigenvalue weighted by Gasteiger charge is 2.19. The molecule has 1 aromatic carbocycles. The van der Waals surface area contributed by atoms with Gasteiger partial charge in [0.15, 0.2) is 17.7 Å². The Morgan fingerprint density at radius 3 is 2.71 bits per heavy atom. The van der Waals surface area contributed by atoms with E-state index in [9.17, 15) is 9.18 Å². The molecule has 1 atom stereocenters. The Bertz CT molecular complexity index is 590. The smallest absolute Gasteiger partial charge is 0.261 e. The number of hydrogen-bond donors (Lipinski definition) is 1. The first-order valence-electron chi connectivity index (χ1n) is 6.79. The summed E-state index contributed by atoms with van der Waals surface area (Å²) < 4.78 is 19.0. The maximum atomic E-state index is 13.5. The highest BCUT2D eigenvalue weighted by molar-refractivity contribution is 5.81. The van der Waals surface area contributed by atoms with E-state index in [1.807, 2.05) is 25.1 Å². The van der Waals surface area contributed by atoms with Crippen LogP contribution in [-0.4, -0.2) is 17.0 Å². The summed E-state index contributed by atoms with van der Waals surface area (Å²) >= 11 is 0. The Kier molecular flexibility index (Phi) is 5.26. The number of aromatic nitrogens is 1. The first kappa shape index (κ1) is 15.0. The summed E-state index contributed by atoms with van der Waals surface area (Å²) in [5.74, 6) is -0.683. The Balaban J connectivity index is 1.94. The van der Waals surface area contributed by atoms with Crippen LogP contribution in [0.2, 0.25) is 0 Å². The molecule has 0 aliphatic heterocycles. The summed E-state index contributed by atoms with van der Waals surface area (Å²) in [6, 6.07) is 11.5. The van der Waals surface area contributed by atoms with Crippen LogP contribution < -0.4 is 10.1 Å². The molecule has 0 saturated heterocycles. The van der Waals surface area contributed by atoms with Crippen molar-refractivity contribution in [2.75, 3.05) is 0 Å². The maximum Gasteiger partial charge on any atom is 0.261 e. The molecule has 0 aliphatic carbocycles. The largest absolute Gasteiger partial charge is 0.478 e. The van der Waals surface area contributed by atoms with Gasteiger partial charge in [-0.15, -0.1) is 0 Å². The molecule has 1 heterocycles. The Hall–Kier alpha value is -2.43. The van der Waals surface area contributed by atoms with Crippen LogP contribution in [0.4, 0.5) is 4.39 Å². The lowest BCUT2D eigenvalue weighted by Crippen LogP contribution is -2.37. The van der Waals surface area contributed by atoms with Crippen LogP contribution in [0, 0.1) is 5.82 Å². The highest BCUT2D eigenvalue weighted by Crippen LogP contribution is 2.18. The van der Waals surface area contributed by atoms with Gasteiger partial charge in [0, 0.05) is 6.20 Å². The van der Waals surface area contributed by atoms with Crippen LogP contribution in [0.15, 0.2) is 48.7 Å². The number of carbonyl (C=O) groups is 1. The van der Waals surface area contributed by atoms with Crippen LogP contribution in [0.3, 0.4) is 0 Å². The zero-order chi connectivity index (χ0) is 15.1. The van der Waals surface area contributed by atoms with Crippen molar-refractivity contribution in [2.24, 2.45) is 0 Å². The van der Waals surface area contributed by atoms with Gasteiger partial charge in [-0.25, -0.2) is 4.39 Å². The highest BCUT2D eigenvalue weighted by atomic mass is 19.1. The van der Waals surface area contributed by atoms with Gasteiger partial charge in [0.1, 0.15) is 0 Å². The second-order valence-corrected chi connectivity index (χ2v) is 4.48. The Morgan fingerprint density at radius 2 is 2.05 bits per heavy atom. The molecule has 0 unspecified atom stereocenters. The second kappa shape index (κ2) is 7.38. The van der Waals surface area contributed by atoms with Gasteiger partial charge < -0.3 is 10.1 Å². The molecule has 0 spiro atoms. The van der Waals surface area contributed by atoms with Gasteiger partial charge in [-0.3, -0.25) is 9.78 Å². The molecule has 21 heavy (non-hydrogen) atoms. The van der Waals surface area contributed by atoms with Crippen LogP contribution in [0.1, 0.15) is 19.0 Å². The molecular formula is C16H17FN2O2. The first-order chi connectivity index (χ1) is 10.2. The van der Waals surface area contributed by atoms with Gasteiger partial charge >= 0.3 is 0 Å². The van der Waals surface area contributed by atoms with E-state index in [1.54, 1.807) is 18.3 Å². The predicted octanol–water partition coefficient (Wildman–Crippen LogP) is 2.69. The van der Waals surface area contributed by atoms with Gasteiger partial charge in [-0.05, 0) is 30.7 Å². The topological polar surface area (TPSA) is 51.2 Å².